The minimum absolute atomic E-state index is 0.127. The lowest BCUT2D eigenvalue weighted by Gasteiger charge is -2.08. The number of nitrogens with zero attached hydrogens (tertiary/aromatic N) is 3. The zero-order valence-electron chi connectivity index (χ0n) is 14.6. The summed E-state index contributed by atoms with van der Waals surface area (Å²) in [5, 5.41) is 10.2. The van der Waals surface area contributed by atoms with E-state index in [1.54, 1.807) is 18.3 Å². The molecule has 2 aromatic rings. The van der Waals surface area contributed by atoms with Gasteiger partial charge in [-0.2, -0.15) is 5.10 Å². The van der Waals surface area contributed by atoms with Gasteiger partial charge in [-0.15, -0.1) is 13.2 Å². The molecule has 1 amide bonds. The van der Waals surface area contributed by atoms with Gasteiger partial charge in [-0.3, -0.25) is 9.59 Å². The molecule has 0 saturated carbocycles. The first-order valence-corrected chi connectivity index (χ1v) is 8.41. The second-order valence-corrected chi connectivity index (χ2v) is 5.58. The van der Waals surface area contributed by atoms with E-state index in [2.05, 4.69) is 33.9 Å². The van der Waals surface area contributed by atoms with Crippen molar-refractivity contribution in [2.45, 2.75) is 19.4 Å². The summed E-state index contributed by atoms with van der Waals surface area (Å²) in [6, 6.07) is 6.73. The summed E-state index contributed by atoms with van der Waals surface area (Å²) in [7, 11) is 0. The second kappa shape index (κ2) is 9.93. The summed E-state index contributed by atoms with van der Waals surface area (Å²) in [5.41, 5.74) is 1.01. The number of aromatic nitrogens is 3. The van der Waals surface area contributed by atoms with E-state index in [1.807, 2.05) is 18.2 Å². The molecule has 7 heteroatoms. The quantitative estimate of drug-likeness (QED) is 0.504. The maximum Gasteiger partial charge on any atom is 0.267 e. The Morgan fingerprint density at radius 3 is 2.58 bits per heavy atom. The molecule has 136 valence electrons. The van der Waals surface area contributed by atoms with Crippen LogP contribution >= 0.6 is 0 Å². The van der Waals surface area contributed by atoms with Crippen LogP contribution in [0.3, 0.4) is 0 Å². The Balaban J connectivity index is 2.08. The number of anilines is 1. The SMILES string of the molecule is C=CCCNC(=O)Cn1nc(-c2ccc(NCCC=C)nc2)ccc1=O. The van der Waals surface area contributed by atoms with Gasteiger partial charge in [-0.1, -0.05) is 12.2 Å². The van der Waals surface area contributed by atoms with Gasteiger partial charge >= 0.3 is 0 Å². The van der Waals surface area contributed by atoms with E-state index in [4.69, 9.17) is 0 Å². The highest BCUT2D eigenvalue weighted by Crippen LogP contribution is 2.16. The summed E-state index contributed by atoms with van der Waals surface area (Å²) < 4.78 is 1.15. The van der Waals surface area contributed by atoms with Crippen LogP contribution in [0.1, 0.15) is 12.8 Å². The molecule has 0 spiro atoms. The Morgan fingerprint density at radius 1 is 1.12 bits per heavy atom. The molecule has 0 aliphatic heterocycles. The van der Waals surface area contributed by atoms with E-state index in [-0.39, 0.29) is 18.0 Å². The molecule has 0 fully saturated rings. The van der Waals surface area contributed by atoms with Gasteiger partial charge in [-0.25, -0.2) is 9.67 Å². The van der Waals surface area contributed by atoms with Crippen LogP contribution in [0.4, 0.5) is 5.82 Å². The Morgan fingerprint density at radius 2 is 1.88 bits per heavy atom. The van der Waals surface area contributed by atoms with Crippen molar-refractivity contribution >= 4 is 11.7 Å². The van der Waals surface area contributed by atoms with Crippen LogP contribution in [-0.4, -0.2) is 33.8 Å². The molecule has 0 aliphatic rings. The van der Waals surface area contributed by atoms with Crippen LogP contribution in [-0.2, 0) is 11.3 Å². The molecule has 0 aliphatic carbocycles. The molecule has 2 N–H and O–H groups in total. The largest absolute Gasteiger partial charge is 0.370 e. The summed E-state index contributed by atoms with van der Waals surface area (Å²) >= 11 is 0. The third kappa shape index (κ3) is 5.70. The standard InChI is InChI=1S/C19H23N5O2/c1-3-5-11-20-17-9-7-15(13-22-17)16-8-10-19(26)24(23-16)14-18(25)21-12-6-4-2/h3-4,7-10,13H,1-2,5-6,11-12,14H2,(H,20,22)(H,21,25). The number of pyridine rings is 1. The molecule has 0 bridgehead atoms. The zero-order chi connectivity index (χ0) is 18.8. The molecule has 0 radical (unpaired) electrons. The van der Waals surface area contributed by atoms with Gasteiger partial charge in [0.1, 0.15) is 12.4 Å². The minimum Gasteiger partial charge on any atom is -0.370 e. The predicted octanol–water partition coefficient (Wildman–Crippen LogP) is 1.99. The second-order valence-electron chi connectivity index (χ2n) is 5.58. The first-order valence-electron chi connectivity index (χ1n) is 8.41. The fourth-order valence-corrected chi connectivity index (χ4v) is 2.17. The predicted molar refractivity (Wildman–Crippen MR) is 103 cm³/mol. The lowest BCUT2D eigenvalue weighted by molar-refractivity contribution is -0.121. The minimum atomic E-state index is -0.330. The van der Waals surface area contributed by atoms with Gasteiger partial charge in [0, 0.05) is 30.9 Å². The molecule has 0 aromatic carbocycles. The van der Waals surface area contributed by atoms with Crippen LogP contribution < -0.4 is 16.2 Å². The zero-order valence-corrected chi connectivity index (χ0v) is 14.6. The Kier molecular flexibility index (Phi) is 7.30. The van der Waals surface area contributed by atoms with Gasteiger partial charge in [0.25, 0.3) is 5.56 Å². The van der Waals surface area contributed by atoms with Crippen molar-refractivity contribution in [3.8, 4) is 11.3 Å². The summed E-state index contributed by atoms with van der Waals surface area (Å²) in [6.07, 6.45) is 6.76. The maximum absolute atomic E-state index is 11.9. The molecular formula is C19H23N5O2. The van der Waals surface area contributed by atoms with Crippen molar-refractivity contribution in [3.05, 3.63) is 66.1 Å². The number of carbonyl (C=O) groups excluding carboxylic acids is 1. The molecule has 2 rings (SSSR count). The van der Waals surface area contributed by atoms with E-state index < -0.39 is 0 Å². The van der Waals surface area contributed by atoms with E-state index in [0.29, 0.717) is 18.7 Å². The highest BCUT2D eigenvalue weighted by Gasteiger charge is 2.08. The molecule has 2 heterocycles. The smallest absolute Gasteiger partial charge is 0.267 e. The fraction of sp³-hybridized carbons (Fsp3) is 0.263. The molecule has 0 saturated heterocycles. The summed E-state index contributed by atoms with van der Waals surface area (Å²) in [5.74, 6) is 0.490. The first kappa shape index (κ1) is 19.1. The number of hydrogen-bond donors (Lipinski definition) is 2. The fourth-order valence-electron chi connectivity index (χ4n) is 2.17. The van der Waals surface area contributed by atoms with Crippen LogP contribution in [0.2, 0.25) is 0 Å². The van der Waals surface area contributed by atoms with E-state index in [0.717, 1.165) is 29.0 Å². The van der Waals surface area contributed by atoms with E-state index in [1.165, 1.54) is 6.07 Å². The molecule has 7 nitrogen and oxygen atoms in total. The van der Waals surface area contributed by atoms with Crippen LogP contribution in [0, 0.1) is 0 Å². The van der Waals surface area contributed by atoms with Gasteiger partial charge < -0.3 is 10.6 Å². The summed E-state index contributed by atoms with van der Waals surface area (Å²) in [6.45, 7) is 8.39. The van der Waals surface area contributed by atoms with Gasteiger partial charge in [-0.05, 0) is 31.0 Å². The van der Waals surface area contributed by atoms with E-state index >= 15 is 0 Å². The van der Waals surface area contributed by atoms with Crippen LogP contribution in [0.5, 0.6) is 0 Å². The number of rotatable bonds is 10. The first-order chi connectivity index (χ1) is 12.6. The maximum atomic E-state index is 11.9. The monoisotopic (exact) mass is 353 g/mol. The Hall–Kier alpha value is -3.22. The Labute approximate surface area is 152 Å². The highest BCUT2D eigenvalue weighted by molar-refractivity contribution is 5.75. The van der Waals surface area contributed by atoms with Crippen molar-refractivity contribution < 1.29 is 4.79 Å². The van der Waals surface area contributed by atoms with E-state index in [9.17, 15) is 9.59 Å². The van der Waals surface area contributed by atoms with Gasteiger partial charge in [0.2, 0.25) is 5.91 Å². The molecule has 2 aromatic heterocycles. The number of hydrogen-bond acceptors (Lipinski definition) is 5. The van der Waals surface area contributed by atoms with Crippen molar-refractivity contribution in [1.82, 2.24) is 20.1 Å². The molecule has 0 unspecified atom stereocenters. The molecule has 0 atom stereocenters. The lowest BCUT2D eigenvalue weighted by Crippen LogP contribution is -2.33. The Bertz CT molecular complexity index is 811. The number of nitrogens with one attached hydrogen (secondary N) is 2. The third-order valence-electron chi connectivity index (χ3n) is 3.54. The van der Waals surface area contributed by atoms with Crippen molar-refractivity contribution in [1.29, 1.82) is 0 Å². The number of carbonyl (C=O) groups is 1. The van der Waals surface area contributed by atoms with Crippen molar-refractivity contribution in [3.63, 3.8) is 0 Å². The van der Waals surface area contributed by atoms with Gasteiger partial charge in [0.15, 0.2) is 0 Å². The average Bonchev–Trinajstić information content (AvgIpc) is 2.65. The normalized spacial score (nSPS) is 10.2. The van der Waals surface area contributed by atoms with Crippen molar-refractivity contribution in [2.24, 2.45) is 0 Å². The van der Waals surface area contributed by atoms with Crippen LogP contribution in [0.25, 0.3) is 11.3 Å². The molecular weight excluding hydrogens is 330 g/mol. The summed E-state index contributed by atoms with van der Waals surface area (Å²) in [4.78, 5) is 28.2. The molecule has 26 heavy (non-hydrogen) atoms. The van der Waals surface area contributed by atoms with Crippen LogP contribution in [0.15, 0.2) is 60.6 Å². The average molecular weight is 353 g/mol. The van der Waals surface area contributed by atoms with Crippen molar-refractivity contribution in [2.75, 3.05) is 18.4 Å². The topological polar surface area (TPSA) is 88.9 Å². The number of amides is 1. The highest BCUT2D eigenvalue weighted by atomic mass is 16.2. The lowest BCUT2D eigenvalue weighted by atomic mass is 10.2. The third-order valence-corrected chi connectivity index (χ3v) is 3.54. The van der Waals surface area contributed by atoms with Gasteiger partial charge in [0.05, 0.1) is 5.69 Å².